The normalized spacial score (nSPS) is 12.1. The number of aromatic nitrogens is 1. The minimum Gasteiger partial charge on any atom is -0.443 e. The summed E-state index contributed by atoms with van der Waals surface area (Å²) in [5.74, 6) is 0. The van der Waals surface area contributed by atoms with E-state index < -0.39 is 10.0 Å². The number of nitrogens with zero attached hydrogens (tertiary/aromatic N) is 1. The molecule has 14 heavy (non-hydrogen) atoms. The summed E-state index contributed by atoms with van der Waals surface area (Å²) in [6.45, 7) is 0. The van der Waals surface area contributed by atoms with Crippen LogP contribution in [0.1, 0.15) is 0 Å². The number of nitrogens with two attached hydrogens (primary N) is 1. The molecule has 0 aliphatic heterocycles. The Morgan fingerprint density at radius 1 is 1.43 bits per heavy atom. The minimum absolute atomic E-state index is 0.0360. The SMILES string of the molecule is NS(=O)(=O)c1cc2ocnc2cc1Cl. The third-order valence-electron chi connectivity index (χ3n) is 1.69. The van der Waals surface area contributed by atoms with E-state index in [9.17, 15) is 8.42 Å². The van der Waals surface area contributed by atoms with Gasteiger partial charge in [-0.15, -0.1) is 0 Å². The highest BCUT2D eigenvalue weighted by Crippen LogP contribution is 2.25. The molecule has 74 valence electrons. The highest BCUT2D eigenvalue weighted by molar-refractivity contribution is 7.89. The third kappa shape index (κ3) is 1.47. The van der Waals surface area contributed by atoms with Gasteiger partial charge in [0.25, 0.3) is 0 Å². The Morgan fingerprint density at radius 2 is 2.14 bits per heavy atom. The molecule has 1 aromatic heterocycles. The molecule has 0 radical (unpaired) electrons. The maximum Gasteiger partial charge on any atom is 0.239 e. The van der Waals surface area contributed by atoms with E-state index in [1.807, 2.05) is 0 Å². The number of hydrogen-bond acceptors (Lipinski definition) is 4. The molecule has 0 unspecified atom stereocenters. The van der Waals surface area contributed by atoms with E-state index in [1.54, 1.807) is 0 Å². The molecular formula is C7H5ClN2O3S. The van der Waals surface area contributed by atoms with Gasteiger partial charge in [-0.25, -0.2) is 18.5 Å². The molecule has 0 saturated heterocycles. The quantitative estimate of drug-likeness (QED) is 0.799. The lowest BCUT2D eigenvalue weighted by atomic mass is 10.3. The first-order chi connectivity index (χ1) is 6.48. The van der Waals surface area contributed by atoms with E-state index in [2.05, 4.69) is 4.98 Å². The van der Waals surface area contributed by atoms with Crippen molar-refractivity contribution >= 4 is 32.7 Å². The molecule has 0 aliphatic carbocycles. The molecule has 2 rings (SSSR count). The molecule has 0 bridgehead atoms. The highest BCUT2D eigenvalue weighted by atomic mass is 35.5. The Kier molecular flexibility index (Phi) is 1.99. The van der Waals surface area contributed by atoms with Crippen molar-refractivity contribution in [3.8, 4) is 0 Å². The van der Waals surface area contributed by atoms with Crippen LogP contribution in [0.2, 0.25) is 5.02 Å². The first-order valence-corrected chi connectivity index (χ1v) is 5.46. The van der Waals surface area contributed by atoms with E-state index in [0.717, 1.165) is 0 Å². The molecule has 1 aromatic carbocycles. The average molecular weight is 233 g/mol. The molecule has 1 heterocycles. The Morgan fingerprint density at radius 3 is 2.79 bits per heavy atom. The summed E-state index contributed by atoms with van der Waals surface area (Å²) in [5.41, 5.74) is 0.820. The standard InChI is InChI=1S/C7H5ClN2O3S/c8-4-1-5-6(13-3-10-5)2-7(4)14(9,11)12/h1-3H,(H2,9,11,12). The first-order valence-electron chi connectivity index (χ1n) is 3.54. The zero-order valence-electron chi connectivity index (χ0n) is 6.77. The van der Waals surface area contributed by atoms with Crippen molar-refractivity contribution in [3.05, 3.63) is 23.5 Å². The molecule has 2 aromatic rings. The number of primary sulfonamides is 1. The number of benzene rings is 1. The lowest BCUT2D eigenvalue weighted by molar-refractivity contribution is 0.593. The molecule has 2 N–H and O–H groups in total. The van der Waals surface area contributed by atoms with Crippen molar-refractivity contribution in [2.75, 3.05) is 0 Å². The molecule has 5 nitrogen and oxygen atoms in total. The van der Waals surface area contributed by atoms with E-state index in [4.69, 9.17) is 21.2 Å². The zero-order chi connectivity index (χ0) is 10.3. The first kappa shape index (κ1) is 9.45. The number of hydrogen-bond donors (Lipinski definition) is 1. The van der Waals surface area contributed by atoms with Crippen molar-refractivity contribution in [2.45, 2.75) is 4.90 Å². The van der Waals surface area contributed by atoms with Crippen LogP contribution < -0.4 is 5.14 Å². The second kappa shape index (κ2) is 2.94. The van der Waals surface area contributed by atoms with Crippen molar-refractivity contribution in [1.82, 2.24) is 4.98 Å². The van der Waals surface area contributed by atoms with Gasteiger partial charge in [0.15, 0.2) is 12.0 Å². The molecule has 0 amide bonds. The van der Waals surface area contributed by atoms with Crippen LogP contribution in [0.5, 0.6) is 0 Å². The van der Waals surface area contributed by atoms with Gasteiger partial charge in [-0.1, -0.05) is 11.6 Å². The number of oxazole rings is 1. The van der Waals surface area contributed by atoms with Crippen molar-refractivity contribution in [2.24, 2.45) is 5.14 Å². The van der Waals surface area contributed by atoms with Gasteiger partial charge in [-0.05, 0) is 6.07 Å². The van der Waals surface area contributed by atoms with Gasteiger partial charge in [0, 0.05) is 6.07 Å². The fraction of sp³-hybridized carbons (Fsp3) is 0. The Balaban J connectivity index is 2.84. The largest absolute Gasteiger partial charge is 0.443 e. The Labute approximate surface area is 84.5 Å². The van der Waals surface area contributed by atoms with Gasteiger partial charge in [0.05, 0.1) is 5.02 Å². The van der Waals surface area contributed by atoms with Gasteiger partial charge in [-0.3, -0.25) is 0 Å². The summed E-state index contributed by atoms with van der Waals surface area (Å²) in [5, 5.41) is 4.98. The smallest absolute Gasteiger partial charge is 0.239 e. The third-order valence-corrected chi connectivity index (χ3v) is 3.07. The highest BCUT2D eigenvalue weighted by Gasteiger charge is 2.15. The molecule has 0 spiro atoms. The number of fused-ring (bicyclic) bond motifs is 1. The van der Waals surface area contributed by atoms with E-state index in [-0.39, 0.29) is 9.92 Å². The van der Waals surface area contributed by atoms with Crippen molar-refractivity contribution in [3.63, 3.8) is 0 Å². The molecule has 0 aliphatic rings. The van der Waals surface area contributed by atoms with Crippen LogP contribution in [-0.4, -0.2) is 13.4 Å². The summed E-state index contributed by atoms with van der Waals surface area (Å²) in [7, 11) is -3.82. The van der Waals surface area contributed by atoms with Crippen LogP contribution in [-0.2, 0) is 10.0 Å². The van der Waals surface area contributed by atoms with Crippen LogP contribution >= 0.6 is 11.6 Å². The Hall–Kier alpha value is -1.11. The fourth-order valence-electron chi connectivity index (χ4n) is 1.08. The van der Waals surface area contributed by atoms with Crippen molar-refractivity contribution in [1.29, 1.82) is 0 Å². The van der Waals surface area contributed by atoms with Crippen LogP contribution in [0.3, 0.4) is 0 Å². The average Bonchev–Trinajstić information content (AvgIpc) is 2.47. The van der Waals surface area contributed by atoms with Gasteiger partial charge in [-0.2, -0.15) is 0 Å². The Bertz CT molecular complexity index is 590. The van der Waals surface area contributed by atoms with Crippen LogP contribution in [0.4, 0.5) is 0 Å². The van der Waals surface area contributed by atoms with Crippen LogP contribution in [0, 0.1) is 0 Å². The molecule has 0 saturated carbocycles. The monoisotopic (exact) mass is 232 g/mol. The van der Waals surface area contributed by atoms with Gasteiger partial charge >= 0.3 is 0 Å². The number of halogens is 1. The predicted octanol–water partition coefficient (Wildman–Crippen LogP) is 1.13. The molecule has 7 heteroatoms. The maximum absolute atomic E-state index is 11.1. The summed E-state index contributed by atoms with van der Waals surface area (Å²) < 4.78 is 27.0. The summed E-state index contributed by atoms with van der Waals surface area (Å²) in [4.78, 5) is 3.65. The van der Waals surface area contributed by atoms with Crippen LogP contribution in [0.25, 0.3) is 11.1 Å². The van der Waals surface area contributed by atoms with Gasteiger partial charge in [0.1, 0.15) is 10.4 Å². The summed E-state index contributed by atoms with van der Waals surface area (Å²) in [6, 6.07) is 2.64. The fourth-order valence-corrected chi connectivity index (χ4v) is 2.16. The minimum atomic E-state index is -3.82. The second-order valence-corrected chi connectivity index (χ2v) is 4.58. The molecular weight excluding hydrogens is 228 g/mol. The summed E-state index contributed by atoms with van der Waals surface area (Å²) >= 11 is 5.70. The van der Waals surface area contributed by atoms with Crippen molar-refractivity contribution < 1.29 is 12.8 Å². The lowest BCUT2D eigenvalue weighted by Crippen LogP contribution is -2.12. The topological polar surface area (TPSA) is 86.2 Å². The zero-order valence-corrected chi connectivity index (χ0v) is 8.34. The van der Waals surface area contributed by atoms with E-state index >= 15 is 0 Å². The maximum atomic E-state index is 11.1. The van der Waals surface area contributed by atoms with E-state index in [0.29, 0.717) is 11.1 Å². The number of sulfonamides is 1. The second-order valence-electron chi connectivity index (χ2n) is 2.65. The van der Waals surface area contributed by atoms with Crippen LogP contribution in [0.15, 0.2) is 27.8 Å². The predicted molar refractivity (Wildman–Crippen MR) is 50.4 cm³/mol. The number of rotatable bonds is 1. The van der Waals surface area contributed by atoms with E-state index in [1.165, 1.54) is 18.5 Å². The van der Waals surface area contributed by atoms with Gasteiger partial charge < -0.3 is 4.42 Å². The van der Waals surface area contributed by atoms with Gasteiger partial charge in [0.2, 0.25) is 10.0 Å². The lowest BCUT2D eigenvalue weighted by Gasteiger charge is -1.99. The summed E-state index contributed by atoms with van der Waals surface area (Å²) in [6.07, 6.45) is 1.20. The molecule has 0 atom stereocenters. The molecule has 0 fully saturated rings.